The molecule has 5 heteroatoms. The number of nitrogens with one attached hydrogen (secondary N) is 1. The molecule has 1 heterocycles. The van der Waals surface area contributed by atoms with Crippen LogP contribution in [0.2, 0.25) is 0 Å². The van der Waals surface area contributed by atoms with Crippen molar-refractivity contribution >= 4 is 17.7 Å². The summed E-state index contributed by atoms with van der Waals surface area (Å²) in [4.78, 5) is 12.3. The highest BCUT2D eigenvalue weighted by Crippen LogP contribution is 2.24. The Labute approximate surface area is 159 Å². The molecular formula is C21H25NO3S. The van der Waals surface area contributed by atoms with E-state index in [1.807, 2.05) is 60.3 Å². The number of thioether (sulfide) groups is 1. The molecule has 0 unspecified atom stereocenters. The molecule has 1 fully saturated rings. The fourth-order valence-electron chi connectivity index (χ4n) is 2.95. The molecule has 2 aromatic carbocycles. The van der Waals surface area contributed by atoms with Crippen LogP contribution in [-0.2, 0) is 4.74 Å². The molecule has 0 radical (unpaired) electrons. The molecular weight excluding hydrogens is 346 g/mol. The molecule has 2 aromatic rings. The zero-order valence-corrected chi connectivity index (χ0v) is 15.9. The van der Waals surface area contributed by atoms with Crippen molar-refractivity contribution in [3.63, 3.8) is 0 Å². The van der Waals surface area contributed by atoms with Gasteiger partial charge in [-0.25, -0.2) is 0 Å². The van der Waals surface area contributed by atoms with Gasteiger partial charge in [0.25, 0.3) is 5.91 Å². The summed E-state index contributed by atoms with van der Waals surface area (Å²) in [5.41, 5.74) is 2.83. The van der Waals surface area contributed by atoms with Gasteiger partial charge >= 0.3 is 0 Å². The van der Waals surface area contributed by atoms with Gasteiger partial charge in [0.2, 0.25) is 0 Å². The van der Waals surface area contributed by atoms with E-state index in [0.717, 1.165) is 48.7 Å². The van der Waals surface area contributed by atoms with Gasteiger partial charge in [-0.3, -0.25) is 4.79 Å². The average Bonchev–Trinajstić information content (AvgIpc) is 2.72. The van der Waals surface area contributed by atoms with Gasteiger partial charge < -0.3 is 14.8 Å². The van der Waals surface area contributed by atoms with Crippen LogP contribution in [0.4, 0.5) is 0 Å². The Morgan fingerprint density at radius 1 is 1.15 bits per heavy atom. The monoisotopic (exact) mass is 371 g/mol. The smallest absolute Gasteiger partial charge is 0.251 e. The number of carbonyl (C=O) groups excluding carboxylic acids is 1. The second-order valence-corrected chi connectivity index (χ2v) is 7.66. The van der Waals surface area contributed by atoms with Gasteiger partial charge in [-0.15, -0.1) is 0 Å². The van der Waals surface area contributed by atoms with E-state index in [2.05, 4.69) is 5.32 Å². The SMILES string of the molecule is COc1cccc(-c2ccc(C(=O)NCCSC3CCOCC3)cc2)c1. The topological polar surface area (TPSA) is 47.6 Å². The first-order chi connectivity index (χ1) is 12.8. The highest BCUT2D eigenvalue weighted by molar-refractivity contribution is 7.99. The summed E-state index contributed by atoms with van der Waals surface area (Å²) in [5.74, 6) is 1.75. The lowest BCUT2D eigenvalue weighted by atomic mass is 10.0. The van der Waals surface area contributed by atoms with E-state index in [1.54, 1.807) is 7.11 Å². The number of ether oxygens (including phenoxy) is 2. The van der Waals surface area contributed by atoms with Crippen molar-refractivity contribution in [2.75, 3.05) is 32.6 Å². The van der Waals surface area contributed by atoms with Gasteiger partial charge in [0, 0.05) is 36.3 Å². The van der Waals surface area contributed by atoms with Crippen molar-refractivity contribution in [3.8, 4) is 16.9 Å². The van der Waals surface area contributed by atoms with Gasteiger partial charge in [-0.1, -0.05) is 24.3 Å². The molecule has 0 atom stereocenters. The number of methoxy groups -OCH3 is 1. The third-order valence-electron chi connectivity index (χ3n) is 4.46. The molecule has 0 aromatic heterocycles. The largest absolute Gasteiger partial charge is 0.497 e. The number of hydrogen-bond acceptors (Lipinski definition) is 4. The Hall–Kier alpha value is -1.98. The highest BCUT2D eigenvalue weighted by atomic mass is 32.2. The van der Waals surface area contributed by atoms with Crippen LogP contribution >= 0.6 is 11.8 Å². The molecule has 0 aliphatic carbocycles. The molecule has 1 aliphatic heterocycles. The van der Waals surface area contributed by atoms with Crippen molar-refractivity contribution < 1.29 is 14.3 Å². The molecule has 1 saturated heterocycles. The maximum Gasteiger partial charge on any atom is 0.251 e. The van der Waals surface area contributed by atoms with Crippen molar-refractivity contribution in [1.29, 1.82) is 0 Å². The maximum atomic E-state index is 12.3. The fourth-order valence-corrected chi connectivity index (χ4v) is 4.03. The maximum absolute atomic E-state index is 12.3. The lowest BCUT2D eigenvalue weighted by Crippen LogP contribution is -2.27. The first-order valence-corrected chi connectivity index (χ1v) is 10.0. The van der Waals surface area contributed by atoms with Crippen LogP contribution < -0.4 is 10.1 Å². The molecule has 0 spiro atoms. The van der Waals surface area contributed by atoms with E-state index < -0.39 is 0 Å². The third-order valence-corrected chi connectivity index (χ3v) is 5.84. The van der Waals surface area contributed by atoms with Crippen LogP contribution in [0.3, 0.4) is 0 Å². The molecule has 0 bridgehead atoms. The predicted octanol–water partition coefficient (Wildman–Crippen LogP) is 4.00. The fraction of sp³-hybridized carbons (Fsp3) is 0.381. The zero-order chi connectivity index (χ0) is 18.2. The van der Waals surface area contributed by atoms with E-state index in [-0.39, 0.29) is 5.91 Å². The minimum atomic E-state index is -0.0187. The van der Waals surface area contributed by atoms with Gasteiger partial charge in [0.15, 0.2) is 0 Å². The summed E-state index contributed by atoms with van der Waals surface area (Å²) in [5, 5.41) is 3.67. The van der Waals surface area contributed by atoms with E-state index in [9.17, 15) is 4.79 Å². The molecule has 3 rings (SSSR count). The summed E-state index contributed by atoms with van der Waals surface area (Å²) in [6.45, 7) is 2.42. The molecule has 1 N–H and O–H groups in total. The minimum absolute atomic E-state index is 0.0187. The van der Waals surface area contributed by atoms with Gasteiger partial charge in [-0.2, -0.15) is 11.8 Å². The Morgan fingerprint density at radius 3 is 2.65 bits per heavy atom. The van der Waals surface area contributed by atoms with E-state index in [4.69, 9.17) is 9.47 Å². The van der Waals surface area contributed by atoms with Crippen LogP contribution in [0.25, 0.3) is 11.1 Å². The number of carbonyl (C=O) groups is 1. The molecule has 26 heavy (non-hydrogen) atoms. The van der Waals surface area contributed by atoms with E-state index in [0.29, 0.717) is 17.4 Å². The standard InChI is InChI=1S/C21H25NO3S/c1-24-19-4-2-3-18(15-19)16-5-7-17(8-6-16)21(23)22-11-14-26-20-9-12-25-13-10-20/h2-8,15,20H,9-14H2,1H3,(H,22,23). The molecule has 4 nitrogen and oxygen atoms in total. The number of rotatable bonds is 7. The van der Waals surface area contributed by atoms with Gasteiger partial charge in [-0.05, 0) is 48.2 Å². The van der Waals surface area contributed by atoms with Gasteiger partial charge in [0.1, 0.15) is 5.75 Å². The van der Waals surface area contributed by atoms with Crippen molar-refractivity contribution in [1.82, 2.24) is 5.32 Å². The number of amides is 1. The minimum Gasteiger partial charge on any atom is -0.497 e. The van der Waals surface area contributed by atoms with Gasteiger partial charge in [0.05, 0.1) is 7.11 Å². The number of hydrogen-bond donors (Lipinski definition) is 1. The van der Waals surface area contributed by atoms with E-state index >= 15 is 0 Å². The van der Waals surface area contributed by atoms with Crippen LogP contribution in [0.5, 0.6) is 5.75 Å². The highest BCUT2D eigenvalue weighted by Gasteiger charge is 2.14. The summed E-state index contributed by atoms with van der Waals surface area (Å²) in [6, 6.07) is 15.6. The van der Waals surface area contributed by atoms with Crippen LogP contribution in [0.1, 0.15) is 23.2 Å². The normalized spacial score (nSPS) is 14.8. The van der Waals surface area contributed by atoms with Crippen LogP contribution in [0, 0.1) is 0 Å². The lowest BCUT2D eigenvalue weighted by molar-refractivity contribution is 0.0955. The van der Waals surface area contributed by atoms with Crippen molar-refractivity contribution in [2.45, 2.75) is 18.1 Å². The number of benzene rings is 2. The summed E-state index contributed by atoms with van der Waals surface area (Å²) in [7, 11) is 1.66. The Kier molecular flexibility index (Phi) is 6.97. The first-order valence-electron chi connectivity index (χ1n) is 8.98. The zero-order valence-electron chi connectivity index (χ0n) is 15.1. The summed E-state index contributed by atoms with van der Waals surface area (Å²) >= 11 is 1.93. The summed E-state index contributed by atoms with van der Waals surface area (Å²) < 4.78 is 10.6. The molecule has 0 saturated carbocycles. The quantitative estimate of drug-likeness (QED) is 0.747. The first kappa shape index (κ1) is 18.8. The molecule has 138 valence electrons. The van der Waals surface area contributed by atoms with Crippen LogP contribution in [0.15, 0.2) is 48.5 Å². The molecule has 1 aliphatic rings. The lowest BCUT2D eigenvalue weighted by Gasteiger charge is -2.21. The third kappa shape index (κ3) is 5.26. The predicted molar refractivity (Wildman–Crippen MR) is 107 cm³/mol. The Balaban J connectivity index is 1.48. The van der Waals surface area contributed by atoms with E-state index in [1.165, 1.54) is 0 Å². The Morgan fingerprint density at radius 2 is 1.92 bits per heavy atom. The van der Waals surface area contributed by atoms with Crippen molar-refractivity contribution in [3.05, 3.63) is 54.1 Å². The van der Waals surface area contributed by atoms with Crippen LogP contribution in [-0.4, -0.2) is 43.8 Å². The average molecular weight is 372 g/mol. The second kappa shape index (κ2) is 9.64. The summed E-state index contributed by atoms with van der Waals surface area (Å²) in [6.07, 6.45) is 2.23. The van der Waals surface area contributed by atoms with Crippen molar-refractivity contribution in [2.24, 2.45) is 0 Å². The molecule has 1 amide bonds. The Bertz CT molecular complexity index is 711. The second-order valence-electron chi connectivity index (χ2n) is 6.25.